The fourth-order valence-electron chi connectivity index (χ4n) is 4.19. The van der Waals surface area contributed by atoms with Gasteiger partial charge in [0, 0.05) is 5.92 Å². The Morgan fingerprint density at radius 3 is 1.42 bits per heavy atom. The number of esters is 1. The fourth-order valence-corrected chi connectivity index (χ4v) is 5.17. The monoisotopic (exact) mass is 1100 g/mol. The van der Waals surface area contributed by atoms with Crippen molar-refractivity contribution in [3.63, 3.8) is 0 Å². The van der Waals surface area contributed by atoms with E-state index in [-0.39, 0.29) is 74.0 Å². The van der Waals surface area contributed by atoms with Crippen LogP contribution in [0.15, 0.2) is 74.4 Å². The minimum atomic E-state index is -1.11. The SMILES string of the molecule is CCOC(=O)[C@H]1C[C@@H]1c1cnc(Cl)cn1.Clc1cnc([C@@H]2CO2)cn1.O=C(CCl)c1cnc(Cl)cn1.O=C(Cl)c1cnc(Cl)cn1.O=C(O)c1cnc(Cl)cn1.O[C@@H](CCl)c1cnc(Cl)cn1. The first-order valence-electron chi connectivity index (χ1n) is 18.4. The predicted octanol–water partition coefficient (Wildman–Crippen LogP) is 8.29. The lowest BCUT2D eigenvalue weighted by molar-refractivity contribution is -0.144. The van der Waals surface area contributed by atoms with Gasteiger partial charge in [0.05, 0.1) is 122 Å². The molecule has 29 heteroatoms. The number of ketones is 1. The molecule has 0 unspecified atom stereocenters. The highest BCUT2D eigenvalue weighted by Crippen LogP contribution is 2.47. The van der Waals surface area contributed by atoms with Crippen LogP contribution in [-0.2, 0) is 14.3 Å². The lowest BCUT2D eigenvalue weighted by Crippen LogP contribution is -2.07. The van der Waals surface area contributed by atoms with Gasteiger partial charge in [0.1, 0.15) is 54.5 Å². The van der Waals surface area contributed by atoms with Gasteiger partial charge in [0.15, 0.2) is 11.5 Å². The lowest BCUT2D eigenvalue weighted by atomic mass is 10.2. The van der Waals surface area contributed by atoms with Crippen molar-refractivity contribution >= 4 is 127 Å². The lowest BCUT2D eigenvalue weighted by Gasteiger charge is -2.03. The minimum Gasteiger partial charge on any atom is -0.476 e. The number of aromatic nitrogens is 12. The van der Waals surface area contributed by atoms with Gasteiger partial charge in [-0.1, -0.05) is 69.6 Å². The first-order valence-corrected chi connectivity index (χ1v) is 22.1. The molecule has 1 aliphatic heterocycles. The number of hydrogen-bond donors (Lipinski definition) is 2. The Hall–Kier alpha value is -4.71. The molecular formula is C38H31Cl9N12O8. The molecule has 2 aliphatic rings. The van der Waals surface area contributed by atoms with E-state index in [0.717, 1.165) is 30.6 Å². The molecule has 2 fully saturated rings. The Kier molecular flexibility index (Phi) is 25.3. The molecule has 67 heavy (non-hydrogen) atoms. The van der Waals surface area contributed by atoms with E-state index in [1.807, 2.05) is 0 Å². The zero-order valence-electron chi connectivity index (χ0n) is 33.9. The number of halogens is 9. The molecule has 2 N–H and O–H groups in total. The maximum Gasteiger partial charge on any atom is 0.356 e. The fraction of sp³-hybridized carbons (Fsp3) is 0.263. The highest BCUT2D eigenvalue weighted by atomic mass is 35.5. The first kappa shape index (κ1) is 56.6. The summed E-state index contributed by atoms with van der Waals surface area (Å²) in [5.41, 5.74) is 2.35. The number of carbonyl (C=O) groups excluding carboxylic acids is 3. The van der Waals surface area contributed by atoms with Crippen molar-refractivity contribution in [2.75, 3.05) is 25.0 Å². The van der Waals surface area contributed by atoms with Crippen LogP contribution in [0.25, 0.3) is 0 Å². The van der Waals surface area contributed by atoms with Crippen LogP contribution in [0.1, 0.15) is 80.0 Å². The van der Waals surface area contributed by atoms with Gasteiger partial charge in [-0.05, 0) is 24.9 Å². The number of ether oxygens (including phenoxy) is 2. The molecule has 0 aromatic carbocycles. The molecule has 8 rings (SSSR count). The molecule has 4 atom stereocenters. The van der Waals surface area contributed by atoms with Gasteiger partial charge >= 0.3 is 11.9 Å². The summed E-state index contributed by atoms with van der Waals surface area (Å²) in [5, 5.41) is 18.6. The summed E-state index contributed by atoms with van der Waals surface area (Å²) in [6.45, 7) is 2.99. The average molecular weight is 1100 g/mol. The average Bonchev–Trinajstić information content (AvgIpc) is 4.27. The molecule has 1 saturated carbocycles. The molecule has 0 bridgehead atoms. The van der Waals surface area contributed by atoms with Crippen LogP contribution in [0.2, 0.25) is 30.9 Å². The molecule has 0 amide bonds. The third-order valence-corrected chi connectivity index (χ3v) is 9.42. The number of aliphatic hydroxyl groups excluding tert-OH is 1. The van der Waals surface area contributed by atoms with Crippen molar-refractivity contribution in [2.45, 2.75) is 31.5 Å². The number of carboxylic acids is 1. The second kappa shape index (κ2) is 29.9. The van der Waals surface area contributed by atoms with E-state index in [2.05, 4.69) is 59.8 Å². The second-order valence-electron chi connectivity index (χ2n) is 12.3. The number of hydrogen-bond acceptors (Lipinski definition) is 19. The van der Waals surface area contributed by atoms with Crippen LogP contribution >= 0.6 is 104 Å². The number of rotatable bonds is 10. The van der Waals surface area contributed by atoms with Gasteiger partial charge in [-0.2, -0.15) is 0 Å². The van der Waals surface area contributed by atoms with Crippen molar-refractivity contribution < 1.29 is 38.9 Å². The van der Waals surface area contributed by atoms with Crippen LogP contribution in [-0.4, -0.2) is 118 Å². The van der Waals surface area contributed by atoms with E-state index in [1.54, 1.807) is 19.3 Å². The molecule has 354 valence electrons. The summed E-state index contributed by atoms with van der Waals surface area (Å²) in [4.78, 5) is 87.8. The van der Waals surface area contributed by atoms with E-state index in [1.165, 1.54) is 55.8 Å². The van der Waals surface area contributed by atoms with Crippen LogP contribution in [0.4, 0.5) is 0 Å². The molecule has 0 spiro atoms. The van der Waals surface area contributed by atoms with Crippen LogP contribution in [0.3, 0.4) is 0 Å². The van der Waals surface area contributed by atoms with Crippen molar-refractivity contribution in [3.8, 4) is 0 Å². The third kappa shape index (κ3) is 21.9. The molecule has 7 heterocycles. The normalized spacial score (nSPS) is 15.2. The molecular weight excluding hydrogens is 1070 g/mol. The highest BCUT2D eigenvalue weighted by Gasteiger charge is 2.46. The van der Waals surface area contributed by atoms with Gasteiger partial charge in [0.25, 0.3) is 5.24 Å². The Morgan fingerprint density at radius 1 is 0.627 bits per heavy atom. The number of aromatic carboxylic acids is 1. The van der Waals surface area contributed by atoms with Crippen molar-refractivity contribution in [1.82, 2.24) is 59.8 Å². The number of carboxylic acid groups (broad SMARTS) is 1. The predicted molar refractivity (Wildman–Crippen MR) is 246 cm³/mol. The Labute approximate surface area is 425 Å². The molecule has 0 radical (unpaired) electrons. The van der Waals surface area contributed by atoms with Crippen molar-refractivity contribution in [2.24, 2.45) is 5.92 Å². The Morgan fingerprint density at radius 2 is 1.06 bits per heavy atom. The van der Waals surface area contributed by atoms with Crippen LogP contribution < -0.4 is 0 Å². The number of Topliss-reactive ketones (excluding diaryl/α,β-unsaturated/α-hetero) is 1. The molecule has 6 aromatic rings. The zero-order chi connectivity index (χ0) is 49.5. The van der Waals surface area contributed by atoms with E-state index in [4.69, 9.17) is 124 Å². The Bertz CT molecular complexity index is 2420. The summed E-state index contributed by atoms with van der Waals surface area (Å²) in [6, 6.07) is 0. The highest BCUT2D eigenvalue weighted by molar-refractivity contribution is 6.67. The smallest absolute Gasteiger partial charge is 0.356 e. The topological polar surface area (TPSA) is 285 Å². The van der Waals surface area contributed by atoms with E-state index in [0.29, 0.717) is 27.8 Å². The minimum absolute atomic E-state index is 0.0413. The van der Waals surface area contributed by atoms with Gasteiger partial charge < -0.3 is 19.7 Å². The standard InChI is InChI=1S/C10H11ClN2O2.C6H6Cl2N2O.C6H4Cl2N2O.C6H5ClN2O.C5H2Cl2N2O.C5H3ClN2O2/c1-2-15-10(14)7-3-6(7)8-4-13-9(11)5-12-8;2*7-1-5(11)4-2-10-6(8)3-9-4;7-6-2-8-4(1-9-6)5-3-10-5;6-4-2-8-3(1-9-4)5(7)10;6-4-2-7-3(1-8-4)5(9)10/h4-7H,2-3H2,1H3;2-3,5,11H,1H2;2-3H,1H2;1-2,5H,3H2;1-2H;1-2H,(H,9,10)/t6-,7-;5-;;5-;;/m00.0../s1. The molecule has 1 saturated heterocycles. The summed E-state index contributed by atoms with van der Waals surface area (Å²) in [7, 11) is 0. The summed E-state index contributed by atoms with van der Waals surface area (Å²) in [6.07, 6.45) is 16.6. The summed E-state index contributed by atoms with van der Waals surface area (Å²) >= 11 is 48.5. The number of carbonyl (C=O) groups is 4. The van der Waals surface area contributed by atoms with Gasteiger partial charge in [-0.25, -0.2) is 49.7 Å². The van der Waals surface area contributed by atoms with Crippen LogP contribution in [0, 0.1) is 5.92 Å². The quantitative estimate of drug-likeness (QED) is 0.0429. The van der Waals surface area contributed by atoms with E-state index >= 15 is 0 Å². The zero-order valence-corrected chi connectivity index (χ0v) is 40.7. The summed E-state index contributed by atoms with van der Waals surface area (Å²) < 4.78 is 9.92. The number of nitrogens with zero attached hydrogens (tertiary/aromatic N) is 12. The second-order valence-corrected chi connectivity index (χ2v) is 15.5. The summed E-state index contributed by atoms with van der Waals surface area (Å²) in [5.74, 6) is -1.36. The van der Waals surface area contributed by atoms with Crippen molar-refractivity contribution in [3.05, 3.63) is 139 Å². The number of aliphatic hydroxyl groups is 1. The largest absolute Gasteiger partial charge is 0.476 e. The van der Waals surface area contributed by atoms with Crippen molar-refractivity contribution in [1.29, 1.82) is 0 Å². The number of epoxide rings is 1. The molecule has 6 aromatic heterocycles. The van der Waals surface area contributed by atoms with Gasteiger partial charge in [-0.15, -0.1) is 23.2 Å². The van der Waals surface area contributed by atoms with E-state index in [9.17, 15) is 19.2 Å². The van der Waals surface area contributed by atoms with Gasteiger partial charge in [-0.3, -0.25) is 29.3 Å². The van der Waals surface area contributed by atoms with Crippen LogP contribution in [0.5, 0.6) is 0 Å². The number of alkyl halides is 2. The van der Waals surface area contributed by atoms with E-state index < -0.39 is 17.3 Å². The maximum absolute atomic E-state index is 11.4. The first-order chi connectivity index (χ1) is 31.9. The Balaban J connectivity index is 0.000000215. The molecule has 20 nitrogen and oxygen atoms in total. The maximum atomic E-state index is 11.4. The van der Waals surface area contributed by atoms with Gasteiger partial charge in [0.2, 0.25) is 0 Å². The third-order valence-electron chi connectivity index (χ3n) is 7.52. The molecule has 1 aliphatic carbocycles.